The van der Waals surface area contributed by atoms with Gasteiger partial charge in [-0.25, -0.2) is 8.42 Å². The molecular formula is C36H60N2O9S2. The highest BCUT2D eigenvalue weighted by molar-refractivity contribution is 8.00. The van der Waals surface area contributed by atoms with Crippen molar-refractivity contribution in [1.82, 2.24) is 10.6 Å². The minimum atomic E-state index is -3.78. The molecule has 0 spiro atoms. The molecule has 0 saturated carbocycles. The molecule has 3 N–H and O–H groups in total. The highest BCUT2D eigenvalue weighted by atomic mass is 32.2. The van der Waals surface area contributed by atoms with E-state index in [2.05, 4.69) is 10.6 Å². The Hall–Kier alpha value is -2.48. The molecule has 2 atom stereocenters. The Labute approximate surface area is 298 Å². The summed E-state index contributed by atoms with van der Waals surface area (Å²) in [4.78, 5) is 50.5. The van der Waals surface area contributed by atoms with Crippen molar-refractivity contribution in [2.45, 2.75) is 129 Å². The standard InChI is InChI=1S/C36H60N2O9S2/c1-12-37-32(43)28(17-18-29(39)40)38-31(42)26-15-13-25(14-16-26)30(41)27(23-48-35(8,9)19-21-46-33(2,3)4)24-49(44,45)36(10,11)20-22-47-34(5,6)7/h13-16,27-28H,12,17-24H2,1-11H3,(H,37,43)(H,38,42)(H,39,40)/t27?,28-/m0/s1. The monoisotopic (exact) mass is 728 g/mol. The number of ketones is 1. The number of Topliss-reactive ketones (excluding diaryl/α,β-unsaturated/α-hetero) is 1. The smallest absolute Gasteiger partial charge is 0.303 e. The first-order valence-corrected chi connectivity index (χ1v) is 19.5. The van der Waals surface area contributed by atoms with E-state index in [4.69, 9.17) is 14.6 Å². The molecular weight excluding hydrogens is 669 g/mol. The predicted octanol–water partition coefficient (Wildman–Crippen LogP) is 5.70. The normalized spacial score (nSPS) is 14.2. The molecule has 0 heterocycles. The molecule has 2 amide bonds. The van der Waals surface area contributed by atoms with Crippen LogP contribution in [0, 0.1) is 5.92 Å². The molecule has 1 rings (SSSR count). The van der Waals surface area contributed by atoms with E-state index in [0.29, 0.717) is 19.6 Å². The van der Waals surface area contributed by atoms with Gasteiger partial charge in [0.1, 0.15) is 6.04 Å². The van der Waals surface area contributed by atoms with Crippen molar-refractivity contribution in [3.05, 3.63) is 35.4 Å². The largest absolute Gasteiger partial charge is 0.481 e. The maximum atomic E-state index is 14.0. The molecule has 49 heavy (non-hydrogen) atoms. The second kappa shape index (κ2) is 18.7. The average Bonchev–Trinajstić information content (AvgIpc) is 2.95. The van der Waals surface area contributed by atoms with E-state index in [-0.39, 0.29) is 64.6 Å². The summed E-state index contributed by atoms with van der Waals surface area (Å²) < 4.78 is 38.0. The fraction of sp³-hybridized carbons (Fsp3) is 0.722. The number of rotatable bonds is 21. The summed E-state index contributed by atoms with van der Waals surface area (Å²) in [6.45, 7) is 21.9. The van der Waals surface area contributed by atoms with Crippen molar-refractivity contribution >= 4 is 45.2 Å². The number of sulfone groups is 1. The van der Waals surface area contributed by atoms with Crippen LogP contribution < -0.4 is 10.6 Å². The van der Waals surface area contributed by atoms with Gasteiger partial charge in [-0.2, -0.15) is 11.8 Å². The van der Waals surface area contributed by atoms with Gasteiger partial charge in [0.2, 0.25) is 5.91 Å². The van der Waals surface area contributed by atoms with Gasteiger partial charge < -0.3 is 25.2 Å². The van der Waals surface area contributed by atoms with Gasteiger partial charge in [0.15, 0.2) is 15.6 Å². The first kappa shape index (κ1) is 44.5. The number of carbonyl (C=O) groups is 4. The van der Waals surface area contributed by atoms with E-state index in [1.54, 1.807) is 20.8 Å². The summed E-state index contributed by atoms with van der Waals surface area (Å²) in [6.07, 6.45) is 0.572. The zero-order valence-corrected chi connectivity index (χ0v) is 33.0. The molecule has 0 bridgehead atoms. The number of carboxylic acid groups (broad SMARTS) is 1. The molecule has 0 radical (unpaired) electrons. The minimum Gasteiger partial charge on any atom is -0.481 e. The Bertz CT molecular complexity index is 1360. The molecule has 280 valence electrons. The zero-order chi connectivity index (χ0) is 37.8. The van der Waals surface area contributed by atoms with Crippen LogP contribution >= 0.6 is 11.8 Å². The molecule has 0 saturated heterocycles. The lowest BCUT2D eigenvalue weighted by Gasteiger charge is -2.31. The SMILES string of the molecule is CCNC(=O)[C@H](CCC(=O)O)NC(=O)c1ccc(C(=O)C(CSC(C)(C)CCOC(C)(C)C)CS(=O)(=O)C(C)(C)CCOC(C)(C)C)cc1. The third kappa shape index (κ3) is 16.9. The van der Waals surface area contributed by atoms with Gasteiger partial charge in [-0.15, -0.1) is 0 Å². The third-order valence-corrected chi connectivity index (χ3v) is 12.1. The lowest BCUT2D eigenvalue weighted by atomic mass is 9.99. The van der Waals surface area contributed by atoms with Gasteiger partial charge in [0, 0.05) is 53.7 Å². The quantitative estimate of drug-likeness (QED) is 0.134. The lowest BCUT2D eigenvalue weighted by molar-refractivity contribution is -0.137. The Morgan fingerprint density at radius 3 is 1.84 bits per heavy atom. The molecule has 0 aliphatic heterocycles. The van der Waals surface area contributed by atoms with Crippen LogP contribution in [-0.2, 0) is 28.9 Å². The number of hydrogen-bond donors (Lipinski definition) is 3. The number of likely N-dealkylation sites (N-methyl/N-ethyl adjacent to an activating group) is 1. The zero-order valence-electron chi connectivity index (χ0n) is 31.4. The van der Waals surface area contributed by atoms with Crippen molar-refractivity contribution in [1.29, 1.82) is 0 Å². The second-order valence-electron chi connectivity index (χ2n) is 15.5. The maximum absolute atomic E-state index is 14.0. The van der Waals surface area contributed by atoms with Crippen LogP contribution in [0.3, 0.4) is 0 Å². The fourth-order valence-corrected chi connectivity index (χ4v) is 7.49. The van der Waals surface area contributed by atoms with Crippen LogP contribution in [-0.4, -0.2) is 95.1 Å². The highest BCUT2D eigenvalue weighted by Gasteiger charge is 2.39. The molecule has 0 fully saturated rings. The molecule has 1 unspecified atom stereocenters. The summed E-state index contributed by atoms with van der Waals surface area (Å²) >= 11 is 1.53. The Morgan fingerprint density at radius 1 is 0.837 bits per heavy atom. The van der Waals surface area contributed by atoms with Crippen molar-refractivity contribution < 1.29 is 42.2 Å². The number of thioether (sulfide) groups is 1. The van der Waals surface area contributed by atoms with Gasteiger partial charge in [-0.05, 0) is 93.7 Å². The van der Waals surface area contributed by atoms with Crippen LogP contribution in [0.15, 0.2) is 24.3 Å². The van der Waals surface area contributed by atoms with Crippen LogP contribution in [0.5, 0.6) is 0 Å². The summed E-state index contributed by atoms with van der Waals surface area (Å²) in [5.74, 6) is -3.50. The molecule has 11 nitrogen and oxygen atoms in total. The maximum Gasteiger partial charge on any atom is 0.303 e. The first-order valence-electron chi connectivity index (χ1n) is 16.9. The van der Waals surface area contributed by atoms with E-state index in [0.717, 1.165) is 0 Å². The molecule has 0 aliphatic carbocycles. The molecule has 1 aromatic rings. The molecule has 1 aromatic carbocycles. The first-order chi connectivity index (χ1) is 22.3. The highest BCUT2D eigenvalue weighted by Crippen LogP contribution is 2.33. The minimum absolute atomic E-state index is 0.0886. The Morgan fingerprint density at radius 2 is 1.35 bits per heavy atom. The number of amides is 2. The topological polar surface area (TPSA) is 165 Å². The Balaban J connectivity index is 3.27. The number of carbonyl (C=O) groups excluding carboxylic acids is 3. The number of ether oxygens (including phenoxy) is 2. The number of aliphatic carboxylic acids is 1. The summed E-state index contributed by atoms with van der Waals surface area (Å²) in [7, 11) is -3.78. The predicted molar refractivity (Wildman–Crippen MR) is 196 cm³/mol. The van der Waals surface area contributed by atoms with Crippen molar-refractivity contribution in [3.63, 3.8) is 0 Å². The average molecular weight is 729 g/mol. The van der Waals surface area contributed by atoms with E-state index in [9.17, 15) is 27.6 Å². The third-order valence-electron chi connectivity index (χ3n) is 7.84. The van der Waals surface area contributed by atoms with Crippen LogP contribution in [0.4, 0.5) is 0 Å². The van der Waals surface area contributed by atoms with Crippen molar-refractivity contribution in [2.75, 3.05) is 31.3 Å². The van der Waals surface area contributed by atoms with Gasteiger partial charge in [-0.1, -0.05) is 26.0 Å². The molecule has 0 aromatic heterocycles. The van der Waals surface area contributed by atoms with E-state index >= 15 is 0 Å². The van der Waals surface area contributed by atoms with E-state index in [1.807, 2.05) is 55.4 Å². The van der Waals surface area contributed by atoms with E-state index in [1.165, 1.54) is 36.0 Å². The van der Waals surface area contributed by atoms with Gasteiger partial charge in [0.05, 0.1) is 21.7 Å². The van der Waals surface area contributed by atoms with Crippen LogP contribution in [0.25, 0.3) is 0 Å². The number of nitrogens with one attached hydrogen (secondary N) is 2. The number of hydrogen-bond acceptors (Lipinski definition) is 9. The summed E-state index contributed by atoms with van der Waals surface area (Å²) in [5.41, 5.74) is -0.285. The van der Waals surface area contributed by atoms with Crippen molar-refractivity contribution in [2.24, 2.45) is 5.92 Å². The lowest BCUT2D eigenvalue weighted by Crippen LogP contribution is -2.47. The van der Waals surface area contributed by atoms with Gasteiger partial charge in [-0.3, -0.25) is 19.2 Å². The van der Waals surface area contributed by atoms with Gasteiger partial charge in [0.25, 0.3) is 5.91 Å². The molecule has 0 aliphatic rings. The van der Waals surface area contributed by atoms with E-state index < -0.39 is 49.9 Å². The van der Waals surface area contributed by atoms with Gasteiger partial charge >= 0.3 is 5.97 Å². The Kier molecular flexibility index (Phi) is 17.0. The molecule has 13 heteroatoms. The second-order valence-corrected chi connectivity index (χ2v) is 19.9. The number of benzene rings is 1. The van der Waals surface area contributed by atoms with Crippen LogP contribution in [0.2, 0.25) is 0 Å². The number of carboxylic acids is 1. The summed E-state index contributed by atoms with van der Waals surface area (Å²) in [5, 5.41) is 14.2. The summed E-state index contributed by atoms with van der Waals surface area (Å²) in [6, 6.07) is 4.78. The fourth-order valence-electron chi connectivity index (χ4n) is 4.55. The van der Waals surface area contributed by atoms with Crippen LogP contribution in [0.1, 0.15) is 123 Å². The van der Waals surface area contributed by atoms with Crippen molar-refractivity contribution in [3.8, 4) is 0 Å².